The van der Waals surface area contributed by atoms with Crippen molar-refractivity contribution < 1.29 is 18.0 Å². The number of carbonyl (C=O) groups excluding carboxylic acids is 2. The average molecular weight is 555 g/mol. The van der Waals surface area contributed by atoms with Crippen molar-refractivity contribution in [3.63, 3.8) is 0 Å². The number of nitrogens with one attached hydrogen (secondary N) is 3. The maximum Gasteiger partial charge on any atom is 0.243 e. The van der Waals surface area contributed by atoms with Gasteiger partial charge in [0, 0.05) is 32.7 Å². The summed E-state index contributed by atoms with van der Waals surface area (Å²) in [5, 5.41) is 9.08. The van der Waals surface area contributed by atoms with E-state index >= 15 is 0 Å². The zero-order valence-corrected chi connectivity index (χ0v) is 24.3. The van der Waals surface area contributed by atoms with E-state index in [-0.39, 0.29) is 41.0 Å². The molecule has 3 N–H and O–H groups in total. The van der Waals surface area contributed by atoms with Gasteiger partial charge in [0.1, 0.15) is 6.04 Å². The third-order valence-electron chi connectivity index (χ3n) is 7.95. The van der Waals surface area contributed by atoms with Gasteiger partial charge in [-0.15, -0.1) is 0 Å². The second-order valence-electron chi connectivity index (χ2n) is 11.5. The standard InChI is InChI=1S/C30H42N4O4S/c1-20(2)24-7-5-22(6-8-24)16-33-30(36)28-15-23(17-32-29(35)26-18-31-19-26)13-14-34(28)39(37,38)27-11-9-25(10-12-27)21(3)4/h5-12,20-21,23,26,28,31H,13-19H2,1-4H3,(H,32,35)(H,33,36)/t23-,28-/m1/s1. The average Bonchev–Trinajstić information content (AvgIpc) is 2.89. The normalized spacial score (nSPS) is 20.6. The summed E-state index contributed by atoms with van der Waals surface area (Å²) in [4.78, 5) is 26.1. The Kier molecular flexibility index (Phi) is 9.46. The van der Waals surface area contributed by atoms with Crippen molar-refractivity contribution >= 4 is 21.8 Å². The zero-order chi connectivity index (χ0) is 28.2. The van der Waals surface area contributed by atoms with Crippen LogP contribution in [0.4, 0.5) is 0 Å². The molecule has 0 aromatic heterocycles. The number of amides is 2. The van der Waals surface area contributed by atoms with E-state index in [9.17, 15) is 18.0 Å². The Bertz CT molecular complexity index is 1240. The van der Waals surface area contributed by atoms with E-state index in [2.05, 4.69) is 55.8 Å². The largest absolute Gasteiger partial charge is 0.355 e. The predicted molar refractivity (Wildman–Crippen MR) is 153 cm³/mol. The van der Waals surface area contributed by atoms with Gasteiger partial charge in [-0.05, 0) is 59.4 Å². The summed E-state index contributed by atoms with van der Waals surface area (Å²) in [5.74, 6) is 0.404. The maximum absolute atomic E-state index is 13.7. The molecule has 2 atom stereocenters. The molecule has 2 aromatic carbocycles. The van der Waals surface area contributed by atoms with Crippen LogP contribution < -0.4 is 16.0 Å². The number of sulfonamides is 1. The molecule has 0 spiro atoms. The van der Waals surface area contributed by atoms with Crippen LogP contribution in [-0.4, -0.2) is 56.8 Å². The van der Waals surface area contributed by atoms with Gasteiger partial charge in [0.05, 0.1) is 10.8 Å². The molecule has 9 heteroatoms. The third kappa shape index (κ3) is 7.07. The van der Waals surface area contributed by atoms with Gasteiger partial charge in [0.15, 0.2) is 0 Å². The van der Waals surface area contributed by atoms with Crippen molar-refractivity contribution in [2.45, 2.75) is 69.9 Å². The number of hydrogen-bond donors (Lipinski definition) is 3. The summed E-state index contributed by atoms with van der Waals surface area (Å²) in [6.07, 6.45) is 0.928. The number of nitrogens with zero attached hydrogens (tertiary/aromatic N) is 1. The van der Waals surface area contributed by atoms with Crippen molar-refractivity contribution in [1.82, 2.24) is 20.3 Å². The number of benzene rings is 2. The molecule has 0 bridgehead atoms. The molecule has 2 aliphatic heterocycles. The van der Waals surface area contributed by atoms with Crippen LogP contribution in [0.1, 0.15) is 69.1 Å². The molecule has 39 heavy (non-hydrogen) atoms. The lowest BCUT2D eigenvalue weighted by Gasteiger charge is -2.38. The molecule has 2 fully saturated rings. The summed E-state index contributed by atoms with van der Waals surface area (Å²) < 4.78 is 28.8. The lowest BCUT2D eigenvalue weighted by molar-refractivity contribution is -0.127. The number of piperidine rings is 1. The van der Waals surface area contributed by atoms with Gasteiger partial charge in [-0.3, -0.25) is 9.59 Å². The molecule has 4 rings (SSSR count). The molecule has 2 aromatic rings. The molecule has 2 aliphatic rings. The van der Waals surface area contributed by atoms with E-state index < -0.39 is 16.1 Å². The minimum absolute atomic E-state index is 0.0119. The van der Waals surface area contributed by atoms with Crippen LogP contribution in [0.5, 0.6) is 0 Å². The van der Waals surface area contributed by atoms with E-state index in [1.807, 2.05) is 24.3 Å². The van der Waals surface area contributed by atoms with E-state index in [4.69, 9.17) is 0 Å². The Morgan fingerprint density at radius 3 is 2.03 bits per heavy atom. The highest BCUT2D eigenvalue weighted by molar-refractivity contribution is 7.89. The van der Waals surface area contributed by atoms with Gasteiger partial charge >= 0.3 is 0 Å². The molecule has 0 radical (unpaired) electrons. The smallest absolute Gasteiger partial charge is 0.243 e. The highest BCUT2D eigenvalue weighted by Gasteiger charge is 2.41. The van der Waals surface area contributed by atoms with Gasteiger partial charge in [-0.1, -0.05) is 64.1 Å². The minimum atomic E-state index is -3.88. The van der Waals surface area contributed by atoms with Crippen molar-refractivity contribution in [1.29, 1.82) is 0 Å². The lowest BCUT2D eigenvalue weighted by atomic mass is 9.91. The van der Waals surface area contributed by atoms with E-state index in [1.165, 1.54) is 9.87 Å². The first-order valence-electron chi connectivity index (χ1n) is 14.0. The monoisotopic (exact) mass is 554 g/mol. The Labute approximate surface area is 233 Å². The predicted octanol–water partition coefficient (Wildman–Crippen LogP) is 3.35. The van der Waals surface area contributed by atoms with Crippen LogP contribution >= 0.6 is 0 Å². The van der Waals surface area contributed by atoms with E-state index in [1.54, 1.807) is 12.1 Å². The minimum Gasteiger partial charge on any atom is -0.355 e. The molecular weight excluding hydrogens is 512 g/mol. The topological polar surface area (TPSA) is 108 Å². The molecule has 0 saturated carbocycles. The summed E-state index contributed by atoms with van der Waals surface area (Å²) in [6, 6.07) is 14.2. The van der Waals surface area contributed by atoms with Gasteiger partial charge in [-0.2, -0.15) is 4.31 Å². The summed E-state index contributed by atoms with van der Waals surface area (Å²) in [6.45, 7) is 10.7. The molecule has 8 nitrogen and oxygen atoms in total. The van der Waals surface area contributed by atoms with Crippen molar-refractivity contribution in [2.75, 3.05) is 26.2 Å². The van der Waals surface area contributed by atoms with Gasteiger partial charge < -0.3 is 16.0 Å². The first-order chi connectivity index (χ1) is 18.6. The fourth-order valence-electron chi connectivity index (χ4n) is 5.08. The van der Waals surface area contributed by atoms with Crippen LogP contribution in [0, 0.1) is 11.8 Å². The second kappa shape index (κ2) is 12.6. The molecule has 2 heterocycles. The SMILES string of the molecule is CC(C)c1ccc(CNC(=O)[C@H]2C[C@H](CNC(=O)C3CNC3)CCN2S(=O)(=O)c2ccc(C(C)C)cc2)cc1. The third-order valence-corrected chi connectivity index (χ3v) is 9.87. The molecule has 0 unspecified atom stereocenters. The Morgan fingerprint density at radius 2 is 1.49 bits per heavy atom. The van der Waals surface area contributed by atoms with Crippen LogP contribution in [-0.2, 0) is 26.2 Å². The van der Waals surface area contributed by atoms with Crippen LogP contribution in [0.3, 0.4) is 0 Å². The van der Waals surface area contributed by atoms with Crippen LogP contribution in [0.25, 0.3) is 0 Å². The second-order valence-corrected chi connectivity index (χ2v) is 13.4. The van der Waals surface area contributed by atoms with E-state index in [0.29, 0.717) is 44.9 Å². The summed E-state index contributed by atoms with van der Waals surface area (Å²) in [5.41, 5.74) is 3.24. The van der Waals surface area contributed by atoms with E-state index in [0.717, 1.165) is 11.1 Å². The zero-order valence-electron chi connectivity index (χ0n) is 23.4. The van der Waals surface area contributed by atoms with Crippen molar-refractivity contribution in [2.24, 2.45) is 11.8 Å². The lowest BCUT2D eigenvalue weighted by Crippen LogP contribution is -2.55. The van der Waals surface area contributed by atoms with Gasteiger partial charge in [-0.25, -0.2) is 8.42 Å². The van der Waals surface area contributed by atoms with Crippen LogP contribution in [0.15, 0.2) is 53.4 Å². The fourth-order valence-corrected chi connectivity index (χ4v) is 6.69. The highest BCUT2D eigenvalue weighted by Crippen LogP contribution is 2.30. The quantitative estimate of drug-likeness (QED) is 0.418. The maximum atomic E-state index is 13.7. The molecule has 212 valence electrons. The first-order valence-corrected chi connectivity index (χ1v) is 15.5. The van der Waals surface area contributed by atoms with Gasteiger partial charge in [0.2, 0.25) is 21.8 Å². The van der Waals surface area contributed by atoms with Gasteiger partial charge in [0.25, 0.3) is 0 Å². The molecule has 0 aliphatic carbocycles. The molecule has 2 saturated heterocycles. The summed E-state index contributed by atoms with van der Waals surface area (Å²) in [7, 11) is -3.88. The highest BCUT2D eigenvalue weighted by atomic mass is 32.2. The van der Waals surface area contributed by atoms with Crippen LogP contribution in [0.2, 0.25) is 0 Å². The first kappa shape index (κ1) is 29.2. The number of carbonyl (C=O) groups is 2. The Balaban J connectivity index is 1.49. The molecular formula is C30H42N4O4S. The fraction of sp³-hybridized carbons (Fsp3) is 0.533. The van der Waals surface area contributed by atoms with Crippen molar-refractivity contribution in [3.05, 3.63) is 65.2 Å². The Morgan fingerprint density at radius 1 is 0.897 bits per heavy atom. The number of hydrogen-bond acceptors (Lipinski definition) is 5. The van der Waals surface area contributed by atoms with Crippen molar-refractivity contribution in [3.8, 4) is 0 Å². The number of rotatable bonds is 10. The molecule has 2 amide bonds. The Hall–Kier alpha value is -2.75. The summed E-state index contributed by atoms with van der Waals surface area (Å²) >= 11 is 0.